The SMILES string of the molecule is CCC(=O)NC(C)(C)CC(=O)N1CCN(c2ccccc2)CC1. The average Bonchev–Trinajstić information content (AvgIpc) is 2.54. The van der Waals surface area contributed by atoms with E-state index in [4.69, 9.17) is 0 Å². The minimum Gasteiger partial charge on any atom is -0.368 e. The standard InChI is InChI=1S/C18H27N3O2/c1-4-16(22)19-18(2,3)14-17(23)21-12-10-20(11-13-21)15-8-6-5-7-9-15/h5-9H,4,10-14H2,1-3H3,(H,19,22). The van der Waals surface area contributed by atoms with Crippen molar-refractivity contribution in [3.05, 3.63) is 30.3 Å². The number of piperazine rings is 1. The number of benzene rings is 1. The van der Waals surface area contributed by atoms with Crippen molar-refractivity contribution in [2.75, 3.05) is 31.1 Å². The third-order valence-corrected chi connectivity index (χ3v) is 4.15. The van der Waals surface area contributed by atoms with Crippen LogP contribution in [0.15, 0.2) is 30.3 Å². The average molecular weight is 317 g/mol. The largest absolute Gasteiger partial charge is 0.368 e. The van der Waals surface area contributed by atoms with Crippen molar-refractivity contribution in [1.29, 1.82) is 0 Å². The highest BCUT2D eigenvalue weighted by Crippen LogP contribution is 2.17. The minimum absolute atomic E-state index is 0.0169. The molecule has 0 spiro atoms. The fraction of sp³-hybridized carbons (Fsp3) is 0.556. The van der Waals surface area contributed by atoms with Crippen LogP contribution in [-0.2, 0) is 9.59 Å². The zero-order valence-corrected chi connectivity index (χ0v) is 14.3. The molecule has 0 unspecified atom stereocenters. The van der Waals surface area contributed by atoms with Gasteiger partial charge in [-0.1, -0.05) is 25.1 Å². The minimum atomic E-state index is -0.499. The van der Waals surface area contributed by atoms with Crippen molar-refractivity contribution in [2.24, 2.45) is 0 Å². The van der Waals surface area contributed by atoms with Gasteiger partial charge in [-0.15, -0.1) is 0 Å². The van der Waals surface area contributed by atoms with E-state index >= 15 is 0 Å². The number of hydrogen-bond acceptors (Lipinski definition) is 3. The van der Waals surface area contributed by atoms with Gasteiger partial charge in [0.1, 0.15) is 0 Å². The van der Waals surface area contributed by atoms with Crippen LogP contribution in [0.1, 0.15) is 33.6 Å². The van der Waals surface area contributed by atoms with E-state index in [0.29, 0.717) is 12.8 Å². The Balaban J connectivity index is 1.85. The molecule has 0 atom stereocenters. The van der Waals surface area contributed by atoms with Crippen LogP contribution in [0.2, 0.25) is 0 Å². The highest BCUT2D eigenvalue weighted by molar-refractivity contribution is 5.80. The predicted molar refractivity (Wildman–Crippen MR) is 92.4 cm³/mol. The number of carbonyl (C=O) groups is 2. The molecule has 1 N–H and O–H groups in total. The number of nitrogens with one attached hydrogen (secondary N) is 1. The molecule has 0 radical (unpaired) electrons. The molecular formula is C18H27N3O2. The summed E-state index contributed by atoms with van der Waals surface area (Å²) in [6.07, 6.45) is 0.775. The molecule has 0 saturated carbocycles. The predicted octanol–water partition coefficient (Wildman–Crippen LogP) is 2.03. The van der Waals surface area contributed by atoms with Crippen molar-refractivity contribution in [2.45, 2.75) is 39.2 Å². The van der Waals surface area contributed by atoms with Crippen LogP contribution in [0.5, 0.6) is 0 Å². The lowest BCUT2D eigenvalue weighted by Gasteiger charge is -2.37. The van der Waals surface area contributed by atoms with Crippen LogP contribution in [0.25, 0.3) is 0 Å². The Morgan fingerprint density at radius 1 is 1.09 bits per heavy atom. The summed E-state index contributed by atoms with van der Waals surface area (Å²) < 4.78 is 0. The Labute approximate surface area is 138 Å². The highest BCUT2D eigenvalue weighted by atomic mass is 16.2. The smallest absolute Gasteiger partial charge is 0.225 e. The van der Waals surface area contributed by atoms with Gasteiger partial charge in [0.05, 0.1) is 0 Å². The van der Waals surface area contributed by atoms with E-state index in [9.17, 15) is 9.59 Å². The second-order valence-electron chi connectivity index (χ2n) is 6.67. The van der Waals surface area contributed by atoms with Crippen molar-refractivity contribution in [3.8, 4) is 0 Å². The molecule has 2 rings (SSSR count). The van der Waals surface area contributed by atoms with E-state index in [1.54, 1.807) is 0 Å². The van der Waals surface area contributed by atoms with Gasteiger partial charge < -0.3 is 15.1 Å². The zero-order valence-electron chi connectivity index (χ0n) is 14.3. The van der Waals surface area contributed by atoms with Gasteiger partial charge in [-0.3, -0.25) is 9.59 Å². The van der Waals surface area contributed by atoms with Gasteiger partial charge in [-0.05, 0) is 26.0 Å². The molecule has 1 aliphatic rings. The molecule has 5 heteroatoms. The quantitative estimate of drug-likeness (QED) is 0.904. The summed E-state index contributed by atoms with van der Waals surface area (Å²) in [4.78, 5) is 28.2. The van der Waals surface area contributed by atoms with Gasteiger partial charge in [0.25, 0.3) is 0 Å². The van der Waals surface area contributed by atoms with Gasteiger partial charge in [-0.2, -0.15) is 0 Å². The molecule has 5 nitrogen and oxygen atoms in total. The normalized spacial score (nSPS) is 15.4. The van der Waals surface area contributed by atoms with Crippen LogP contribution >= 0.6 is 0 Å². The molecule has 1 aromatic rings. The number of para-hydroxylation sites is 1. The van der Waals surface area contributed by atoms with E-state index < -0.39 is 5.54 Å². The molecule has 0 bridgehead atoms. The van der Waals surface area contributed by atoms with Gasteiger partial charge in [0.2, 0.25) is 11.8 Å². The second-order valence-corrected chi connectivity index (χ2v) is 6.67. The molecular weight excluding hydrogens is 290 g/mol. The Kier molecular flexibility index (Phi) is 5.64. The summed E-state index contributed by atoms with van der Waals surface area (Å²) in [6.45, 7) is 8.76. The Morgan fingerprint density at radius 3 is 2.26 bits per heavy atom. The third-order valence-electron chi connectivity index (χ3n) is 4.15. The Hall–Kier alpha value is -2.04. The van der Waals surface area contributed by atoms with Gasteiger partial charge in [0.15, 0.2) is 0 Å². The van der Waals surface area contributed by atoms with Crippen LogP contribution in [-0.4, -0.2) is 48.4 Å². The molecule has 2 amide bonds. The molecule has 1 fully saturated rings. The lowest BCUT2D eigenvalue weighted by molar-refractivity contribution is -0.133. The monoisotopic (exact) mass is 317 g/mol. The Bertz CT molecular complexity index is 534. The lowest BCUT2D eigenvalue weighted by Crippen LogP contribution is -2.52. The molecule has 1 heterocycles. The first-order chi connectivity index (χ1) is 10.9. The third kappa shape index (κ3) is 4.98. The Morgan fingerprint density at radius 2 is 1.70 bits per heavy atom. The number of nitrogens with zero attached hydrogens (tertiary/aromatic N) is 2. The number of rotatable bonds is 5. The summed E-state index contributed by atoms with van der Waals surface area (Å²) in [5, 5.41) is 2.91. The maximum Gasteiger partial charge on any atom is 0.225 e. The fourth-order valence-electron chi connectivity index (χ4n) is 2.85. The van der Waals surface area contributed by atoms with Crippen molar-refractivity contribution in [1.82, 2.24) is 10.2 Å². The summed E-state index contributed by atoms with van der Waals surface area (Å²) >= 11 is 0. The van der Waals surface area contributed by atoms with E-state index in [0.717, 1.165) is 26.2 Å². The molecule has 1 aliphatic heterocycles. The van der Waals surface area contributed by atoms with Crippen LogP contribution < -0.4 is 10.2 Å². The number of amides is 2. The van der Waals surface area contributed by atoms with Crippen molar-refractivity contribution < 1.29 is 9.59 Å². The van der Waals surface area contributed by atoms with E-state index in [-0.39, 0.29) is 11.8 Å². The molecule has 0 aliphatic carbocycles. The van der Waals surface area contributed by atoms with Crippen molar-refractivity contribution >= 4 is 17.5 Å². The van der Waals surface area contributed by atoms with Gasteiger partial charge in [0, 0.05) is 50.2 Å². The van der Waals surface area contributed by atoms with E-state index in [1.165, 1.54) is 5.69 Å². The first-order valence-corrected chi connectivity index (χ1v) is 8.30. The van der Waals surface area contributed by atoms with Crippen LogP contribution in [0.4, 0.5) is 5.69 Å². The molecule has 1 saturated heterocycles. The topological polar surface area (TPSA) is 52.7 Å². The molecule has 1 aromatic carbocycles. The summed E-state index contributed by atoms with van der Waals surface area (Å²) in [5.74, 6) is 0.0933. The molecule has 126 valence electrons. The van der Waals surface area contributed by atoms with Crippen LogP contribution in [0, 0.1) is 0 Å². The van der Waals surface area contributed by atoms with Gasteiger partial charge in [-0.25, -0.2) is 0 Å². The van der Waals surface area contributed by atoms with Crippen LogP contribution in [0.3, 0.4) is 0 Å². The number of carbonyl (C=O) groups excluding carboxylic acids is 2. The summed E-state index contributed by atoms with van der Waals surface area (Å²) in [6, 6.07) is 10.3. The highest BCUT2D eigenvalue weighted by Gasteiger charge is 2.28. The maximum atomic E-state index is 12.5. The summed E-state index contributed by atoms with van der Waals surface area (Å²) in [5.41, 5.74) is 0.705. The maximum absolute atomic E-state index is 12.5. The van der Waals surface area contributed by atoms with Crippen molar-refractivity contribution in [3.63, 3.8) is 0 Å². The first kappa shape index (κ1) is 17.3. The van der Waals surface area contributed by atoms with E-state index in [2.05, 4.69) is 22.3 Å². The number of anilines is 1. The summed E-state index contributed by atoms with van der Waals surface area (Å²) in [7, 11) is 0. The molecule has 23 heavy (non-hydrogen) atoms. The van der Waals surface area contributed by atoms with E-state index in [1.807, 2.05) is 43.9 Å². The molecule has 0 aromatic heterocycles. The number of hydrogen-bond donors (Lipinski definition) is 1. The van der Waals surface area contributed by atoms with Gasteiger partial charge >= 0.3 is 0 Å². The first-order valence-electron chi connectivity index (χ1n) is 8.30. The fourth-order valence-corrected chi connectivity index (χ4v) is 2.85. The lowest BCUT2D eigenvalue weighted by atomic mass is 9.99. The second kappa shape index (κ2) is 7.49. The zero-order chi connectivity index (χ0) is 16.9.